The summed E-state index contributed by atoms with van der Waals surface area (Å²) >= 11 is 0. The number of ether oxygens (including phenoxy) is 1. The van der Waals surface area contributed by atoms with Gasteiger partial charge in [-0.1, -0.05) is 0 Å². The van der Waals surface area contributed by atoms with E-state index in [0.717, 1.165) is 22.8 Å². The van der Waals surface area contributed by atoms with Crippen molar-refractivity contribution >= 4 is 11.6 Å². The van der Waals surface area contributed by atoms with Crippen LogP contribution in [0.5, 0.6) is 5.75 Å². The smallest absolute Gasteiger partial charge is 0.224 e. The summed E-state index contributed by atoms with van der Waals surface area (Å²) in [5.41, 5.74) is 1.52. The lowest BCUT2D eigenvalue weighted by Crippen LogP contribution is -2.12. The molecule has 0 aliphatic rings. The van der Waals surface area contributed by atoms with Crippen LogP contribution >= 0.6 is 0 Å². The number of rotatable bonds is 6. The second-order valence-electron chi connectivity index (χ2n) is 5.55. The molecule has 25 heavy (non-hydrogen) atoms. The monoisotopic (exact) mass is 339 g/mol. The zero-order valence-electron chi connectivity index (χ0n) is 13.8. The van der Waals surface area contributed by atoms with E-state index >= 15 is 0 Å². The van der Waals surface area contributed by atoms with Crippen molar-refractivity contribution in [2.75, 3.05) is 12.4 Å². The van der Waals surface area contributed by atoms with E-state index in [1.165, 1.54) is 24.3 Å². The zero-order valence-corrected chi connectivity index (χ0v) is 13.8. The van der Waals surface area contributed by atoms with Crippen LogP contribution in [0, 0.1) is 5.82 Å². The number of aryl methyl sites for hydroxylation is 1. The van der Waals surface area contributed by atoms with E-state index in [-0.39, 0.29) is 18.1 Å². The van der Waals surface area contributed by atoms with Gasteiger partial charge in [0.2, 0.25) is 5.91 Å². The Bertz CT molecular complexity index is 838. The van der Waals surface area contributed by atoms with Gasteiger partial charge in [-0.25, -0.2) is 4.39 Å². The third-order valence-corrected chi connectivity index (χ3v) is 3.76. The number of anilines is 1. The molecule has 4 nitrogen and oxygen atoms in total. The number of hydrogen-bond donors (Lipinski definition) is 1. The van der Waals surface area contributed by atoms with Gasteiger partial charge in [0.05, 0.1) is 7.11 Å². The highest BCUT2D eigenvalue weighted by Crippen LogP contribution is 2.25. The van der Waals surface area contributed by atoms with Gasteiger partial charge >= 0.3 is 0 Å². The largest absolute Gasteiger partial charge is 0.497 e. The summed E-state index contributed by atoms with van der Waals surface area (Å²) in [7, 11) is 1.62. The standard InChI is InChI=1S/C20H18FNO3/c1-24-17-8-2-14(3-9-17)19-12-10-18(25-19)11-13-20(23)22-16-6-4-15(21)5-7-16/h2-10,12H,11,13H2,1H3,(H,22,23). The van der Waals surface area contributed by atoms with Gasteiger partial charge in [0.15, 0.2) is 0 Å². The number of halogens is 1. The SMILES string of the molecule is COc1ccc(-c2ccc(CCC(=O)Nc3ccc(F)cc3)o2)cc1. The van der Waals surface area contributed by atoms with Gasteiger partial charge in [0.25, 0.3) is 0 Å². The fourth-order valence-electron chi connectivity index (χ4n) is 2.42. The van der Waals surface area contributed by atoms with Crippen LogP contribution in [0.1, 0.15) is 12.2 Å². The van der Waals surface area contributed by atoms with Crippen molar-refractivity contribution in [1.29, 1.82) is 0 Å². The molecular formula is C20H18FNO3. The predicted molar refractivity (Wildman–Crippen MR) is 94.0 cm³/mol. The van der Waals surface area contributed by atoms with Crippen molar-refractivity contribution < 1.29 is 18.3 Å². The molecule has 1 heterocycles. The maximum absolute atomic E-state index is 12.8. The van der Waals surface area contributed by atoms with E-state index in [1.807, 2.05) is 36.4 Å². The molecule has 1 aromatic heterocycles. The Morgan fingerprint density at radius 2 is 1.76 bits per heavy atom. The topological polar surface area (TPSA) is 51.5 Å². The molecule has 0 bridgehead atoms. The quantitative estimate of drug-likeness (QED) is 0.710. The number of nitrogens with one attached hydrogen (secondary N) is 1. The Balaban J connectivity index is 1.55. The normalized spacial score (nSPS) is 10.5. The van der Waals surface area contributed by atoms with Crippen LogP contribution in [0.2, 0.25) is 0 Å². The third kappa shape index (κ3) is 4.47. The molecular weight excluding hydrogens is 321 g/mol. The summed E-state index contributed by atoms with van der Waals surface area (Å²) in [6.45, 7) is 0. The molecule has 3 aromatic rings. The fraction of sp³-hybridized carbons (Fsp3) is 0.150. The molecule has 128 valence electrons. The van der Waals surface area contributed by atoms with E-state index in [2.05, 4.69) is 5.32 Å². The van der Waals surface area contributed by atoms with Crippen molar-refractivity contribution in [2.45, 2.75) is 12.8 Å². The lowest BCUT2D eigenvalue weighted by atomic mass is 10.2. The molecule has 0 saturated carbocycles. The van der Waals surface area contributed by atoms with Crippen LogP contribution in [0.4, 0.5) is 10.1 Å². The molecule has 3 rings (SSSR count). The molecule has 1 amide bonds. The highest BCUT2D eigenvalue weighted by Gasteiger charge is 2.08. The summed E-state index contributed by atoms with van der Waals surface area (Å²) in [6.07, 6.45) is 0.774. The van der Waals surface area contributed by atoms with Gasteiger partial charge in [-0.05, 0) is 60.7 Å². The molecule has 0 unspecified atom stereocenters. The first kappa shape index (κ1) is 16.8. The summed E-state index contributed by atoms with van der Waals surface area (Å²) in [5, 5.41) is 2.73. The van der Waals surface area contributed by atoms with Crippen molar-refractivity contribution in [3.63, 3.8) is 0 Å². The van der Waals surface area contributed by atoms with Gasteiger partial charge in [-0.2, -0.15) is 0 Å². The Morgan fingerprint density at radius 3 is 2.44 bits per heavy atom. The van der Waals surface area contributed by atoms with Crippen molar-refractivity contribution in [2.24, 2.45) is 0 Å². The van der Waals surface area contributed by atoms with Crippen molar-refractivity contribution in [1.82, 2.24) is 0 Å². The van der Waals surface area contributed by atoms with Crippen LogP contribution in [0.3, 0.4) is 0 Å². The molecule has 0 aliphatic heterocycles. The van der Waals surface area contributed by atoms with Gasteiger partial charge < -0.3 is 14.5 Å². The number of carbonyl (C=O) groups is 1. The lowest BCUT2D eigenvalue weighted by molar-refractivity contribution is -0.116. The van der Waals surface area contributed by atoms with Crippen LogP contribution in [-0.2, 0) is 11.2 Å². The third-order valence-electron chi connectivity index (χ3n) is 3.76. The number of carbonyl (C=O) groups excluding carboxylic acids is 1. The average Bonchev–Trinajstić information content (AvgIpc) is 3.11. The van der Waals surface area contributed by atoms with Crippen LogP contribution < -0.4 is 10.1 Å². The van der Waals surface area contributed by atoms with E-state index in [0.29, 0.717) is 12.1 Å². The number of methoxy groups -OCH3 is 1. The minimum atomic E-state index is -0.334. The summed E-state index contributed by atoms with van der Waals surface area (Å²) < 4.78 is 23.8. The number of amides is 1. The molecule has 0 aliphatic carbocycles. The second kappa shape index (κ2) is 7.66. The molecule has 0 fully saturated rings. The van der Waals surface area contributed by atoms with Gasteiger partial charge in [-0.3, -0.25) is 4.79 Å². The molecule has 5 heteroatoms. The van der Waals surface area contributed by atoms with Crippen LogP contribution in [0.15, 0.2) is 65.1 Å². The van der Waals surface area contributed by atoms with Crippen LogP contribution in [0.25, 0.3) is 11.3 Å². The Kier molecular flexibility index (Phi) is 5.14. The van der Waals surface area contributed by atoms with E-state index in [9.17, 15) is 9.18 Å². The minimum absolute atomic E-state index is 0.144. The molecule has 1 N–H and O–H groups in total. The second-order valence-corrected chi connectivity index (χ2v) is 5.55. The fourth-order valence-corrected chi connectivity index (χ4v) is 2.42. The number of hydrogen-bond acceptors (Lipinski definition) is 3. The van der Waals surface area contributed by atoms with Gasteiger partial charge in [0.1, 0.15) is 23.1 Å². The first-order valence-electron chi connectivity index (χ1n) is 7.92. The van der Waals surface area contributed by atoms with Crippen molar-refractivity contribution in [3.05, 3.63) is 72.2 Å². The first-order chi connectivity index (χ1) is 12.1. The summed E-state index contributed by atoms with van der Waals surface area (Å²) in [5.74, 6) is 1.79. The Morgan fingerprint density at radius 1 is 1.04 bits per heavy atom. The van der Waals surface area contributed by atoms with E-state index < -0.39 is 0 Å². The van der Waals surface area contributed by atoms with E-state index in [1.54, 1.807) is 7.11 Å². The van der Waals surface area contributed by atoms with E-state index in [4.69, 9.17) is 9.15 Å². The molecule has 0 radical (unpaired) electrons. The maximum Gasteiger partial charge on any atom is 0.224 e. The highest BCUT2D eigenvalue weighted by molar-refractivity contribution is 5.90. The van der Waals surface area contributed by atoms with Gasteiger partial charge in [-0.15, -0.1) is 0 Å². The van der Waals surface area contributed by atoms with Gasteiger partial charge in [0, 0.05) is 24.1 Å². The molecule has 0 atom stereocenters. The van der Waals surface area contributed by atoms with Crippen molar-refractivity contribution in [3.8, 4) is 17.1 Å². The number of benzene rings is 2. The highest BCUT2D eigenvalue weighted by atomic mass is 19.1. The molecule has 0 spiro atoms. The Hall–Kier alpha value is -3.08. The maximum atomic E-state index is 12.8. The lowest BCUT2D eigenvalue weighted by Gasteiger charge is -2.04. The zero-order chi connectivity index (χ0) is 17.6. The molecule has 2 aromatic carbocycles. The number of furan rings is 1. The minimum Gasteiger partial charge on any atom is -0.497 e. The molecule has 0 saturated heterocycles. The predicted octanol–water partition coefficient (Wildman–Crippen LogP) is 4.67. The summed E-state index contributed by atoms with van der Waals surface area (Å²) in [4.78, 5) is 12.0. The average molecular weight is 339 g/mol. The Labute approximate surface area is 145 Å². The summed E-state index contributed by atoms with van der Waals surface area (Å²) in [6, 6.07) is 17.0. The van der Waals surface area contributed by atoms with Crippen LogP contribution in [-0.4, -0.2) is 13.0 Å². The first-order valence-corrected chi connectivity index (χ1v) is 7.92.